The molecule has 0 amide bonds. The van der Waals surface area contributed by atoms with E-state index >= 15 is 0 Å². The highest BCUT2D eigenvalue weighted by atomic mass is 19.2. The smallest absolute Gasteiger partial charge is 0.159 e. The molecule has 3 aliphatic carbocycles. The zero-order chi connectivity index (χ0) is 17.4. The number of hydrogen-bond acceptors (Lipinski definition) is 0. The third-order valence-electron chi connectivity index (χ3n) is 7.77. The number of halogens is 2. The first-order valence-electron chi connectivity index (χ1n) is 10.5. The van der Waals surface area contributed by atoms with Crippen molar-refractivity contribution in [2.75, 3.05) is 0 Å². The predicted molar refractivity (Wildman–Crippen MR) is 98.4 cm³/mol. The fourth-order valence-corrected chi connectivity index (χ4v) is 6.28. The Morgan fingerprint density at radius 3 is 2.00 bits per heavy atom. The highest BCUT2D eigenvalue weighted by Gasteiger charge is 2.38. The van der Waals surface area contributed by atoms with Gasteiger partial charge in [0.25, 0.3) is 0 Å². The van der Waals surface area contributed by atoms with Crippen LogP contribution in [0.1, 0.15) is 82.6 Å². The topological polar surface area (TPSA) is 0 Å². The fourth-order valence-electron chi connectivity index (χ4n) is 6.28. The average molecular weight is 347 g/mol. The second kappa shape index (κ2) is 7.37. The molecule has 0 nitrogen and oxygen atoms in total. The third kappa shape index (κ3) is 3.78. The van der Waals surface area contributed by atoms with E-state index in [9.17, 15) is 8.78 Å². The van der Waals surface area contributed by atoms with Crippen LogP contribution in [0.25, 0.3) is 0 Å². The second-order valence-electron chi connectivity index (χ2n) is 9.30. The van der Waals surface area contributed by atoms with E-state index in [1.165, 1.54) is 63.5 Å². The van der Waals surface area contributed by atoms with Crippen LogP contribution in [0.3, 0.4) is 0 Å². The summed E-state index contributed by atoms with van der Waals surface area (Å²) in [6, 6.07) is 4.51. The Morgan fingerprint density at radius 2 is 1.28 bits per heavy atom. The van der Waals surface area contributed by atoms with Gasteiger partial charge in [0.1, 0.15) is 0 Å². The molecule has 1 aromatic carbocycles. The Balaban J connectivity index is 1.32. The van der Waals surface area contributed by atoms with Crippen LogP contribution in [0.5, 0.6) is 0 Å². The van der Waals surface area contributed by atoms with Gasteiger partial charge in [-0.3, -0.25) is 0 Å². The number of benzene rings is 1. The van der Waals surface area contributed by atoms with E-state index in [1.807, 2.05) is 0 Å². The summed E-state index contributed by atoms with van der Waals surface area (Å²) in [5, 5.41) is 0. The largest absolute Gasteiger partial charge is 0.204 e. The standard InChI is InChI=1S/C23H32F2/c1-15-2-3-20-13-19(9-8-18(20)12-15)16-4-6-17(7-5-16)21-10-11-22(24)23(25)14-21/h10-11,14-20H,2-9,12-13H2,1H3. The van der Waals surface area contributed by atoms with Crippen molar-refractivity contribution in [2.45, 2.75) is 77.0 Å². The van der Waals surface area contributed by atoms with Crippen LogP contribution in [0.2, 0.25) is 0 Å². The van der Waals surface area contributed by atoms with Gasteiger partial charge in [-0.1, -0.05) is 19.4 Å². The van der Waals surface area contributed by atoms with E-state index in [-0.39, 0.29) is 0 Å². The van der Waals surface area contributed by atoms with Gasteiger partial charge in [0, 0.05) is 0 Å². The predicted octanol–water partition coefficient (Wildman–Crippen LogP) is 7.09. The van der Waals surface area contributed by atoms with Crippen LogP contribution >= 0.6 is 0 Å². The average Bonchev–Trinajstić information content (AvgIpc) is 2.64. The van der Waals surface area contributed by atoms with Gasteiger partial charge in [-0.25, -0.2) is 8.78 Å². The molecule has 0 saturated heterocycles. The molecular weight excluding hydrogens is 314 g/mol. The molecule has 4 unspecified atom stereocenters. The lowest BCUT2D eigenvalue weighted by Gasteiger charge is -2.45. The van der Waals surface area contributed by atoms with Gasteiger partial charge in [-0.15, -0.1) is 0 Å². The monoisotopic (exact) mass is 346 g/mol. The zero-order valence-corrected chi connectivity index (χ0v) is 15.5. The lowest BCUT2D eigenvalue weighted by molar-refractivity contribution is 0.0672. The van der Waals surface area contributed by atoms with E-state index in [0.717, 1.165) is 48.0 Å². The Bertz CT molecular complexity index is 588. The molecule has 0 spiro atoms. The molecule has 2 heteroatoms. The molecular formula is C23H32F2. The molecule has 3 aliphatic rings. The second-order valence-corrected chi connectivity index (χ2v) is 9.30. The van der Waals surface area contributed by atoms with E-state index in [4.69, 9.17) is 0 Å². The van der Waals surface area contributed by atoms with Crippen molar-refractivity contribution in [1.29, 1.82) is 0 Å². The van der Waals surface area contributed by atoms with Gasteiger partial charge < -0.3 is 0 Å². The van der Waals surface area contributed by atoms with E-state index in [1.54, 1.807) is 6.07 Å². The summed E-state index contributed by atoms with van der Waals surface area (Å²) in [4.78, 5) is 0. The molecule has 1 aromatic rings. The third-order valence-corrected chi connectivity index (χ3v) is 7.77. The number of fused-ring (bicyclic) bond motifs is 1. The summed E-state index contributed by atoms with van der Waals surface area (Å²) in [6.07, 6.45) is 13.6. The Kier molecular flexibility index (Phi) is 5.15. The van der Waals surface area contributed by atoms with E-state index < -0.39 is 11.6 Å². The Morgan fingerprint density at radius 1 is 0.680 bits per heavy atom. The van der Waals surface area contributed by atoms with Gasteiger partial charge in [0.2, 0.25) is 0 Å². The minimum Gasteiger partial charge on any atom is -0.204 e. The SMILES string of the molecule is CC1CCC2CC(C3CCC(c4ccc(F)c(F)c4)CC3)CCC2C1. The van der Waals surface area contributed by atoms with Crippen LogP contribution in [0.15, 0.2) is 18.2 Å². The van der Waals surface area contributed by atoms with Gasteiger partial charge in [0.05, 0.1) is 0 Å². The van der Waals surface area contributed by atoms with Crippen LogP contribution in [-0.4, -0.2) is 0 Å². The minimum atomic E-state index is -0.726. The van der Waals surface area contributed by atoms with Crippen molar-refractivity contribution in [1.82, 2.24) is 0 Å². The minimum absolute atomic E-state index is 0.429. The van der Waals surface area contributed by atoms with Gasteiger partial charge in [-0.2, -0.15) is 0 Å². The molecule has 4 atom stereocenters. The number of rotatable bonds is 2. The summed E-state index contributed by atoms with van der Waals surface area (Å²) in [5.41, 5.74) is 1.00. The maximum atomic E-state index is 13.5. The first kappa shape index (κ1) is 17.5. The molecule has 0 aromatic heterocycles. The van der Waals surface area contributed by atoms with Crippen LogP contribution in [0, 0.1) is 41.2 Å². The van der Waals surface area contributed by atoms with Crippen LogP contribution < -0.4 is 0 Å². The zero-order valence-electron chi connectivity index (χ0n) is 15.5. The first-order chi connectivity index (χ1) is 12.1. The quantitative estimate of drug-likeness (QED) is 0.536. The fraction of sp³-hybridized carbons (Fsp3) is 0.739. The molecule has 25 heavy (non-hydrogen) atoms. The van der Waals surface area contributed by atoms with Gasteiger partial charge in [0.15, 0.2) is 11.6 Å². The summed E-state index contributed by atoms with van der Waals surface area (Å²) in [5.74, 6) is 3.78. The maximum absolute atomic E-state index is 13.5. The summed E-state index contributed by atoms with van der Waals surface area (Å²) < 4.78 is 26.7. The Hall–Kier alpha value is -0.920. The van der Waals surface area contributed by atoms with Crippen molar-refractivity contribution >= 4 is 0 Å². The summed E-state index contributed by atoms with van der Waals surface area (Å²) in [7, 11) is 0. The van der Waals surface area contributed by atoms with Crippen LogP contribution in [-0.2, 0) is 0 Å². The summed E-state index contributed by atoms with van der Waals surface area (Å²) >= 11 is 0. The molecule has 138 valence electrons. The van der Waals surface area contributed by atoms with E-state index in [0.29, 0.717) is 5.92 Å². The lowest BCUT2D eigenvalue weighted by Crippen LogP contribution is -2.34. The highest BCUT2D eigenvalue weighted by Crippen LogP contribution is 2.49. The van der Waals surface area contributed by atoms with Crippen molar-refractivity contribution < 1.29 is 8.78 Å². The molecule has 3 fully saturated rings. The number of hydrogen-bond donors (Lipinski definition) is 0. The normalized spacial score (nSPS) is 39.0. The first-order valence-corrected chi connectivity index (χ1v) is 10.5. The molecule has 3 saturated carbocycles. The van der Waals surface area contributed by atoms with Gasteiger partial charge in [-0.05, 0) is 111 Å². The molecule has 0 aliphatic heterocycles. The highest BCUT2D eigenvalue weighted by molar-refractivity contribution is 5.22. The van der Waals surface area contributed by atoms with Gasteiger partial charge >= 0.3 is 0 Å². The molecule has 0 radical (unpaired) electrons. The Labute approximate surface area is 151 Å². The van der Waals surface area contributed by atoms with Crippen molar-refractivity contribution in [3.05, 3.63) is 35.4 Å². The molecule has 0 bridgehead atoms. The van der Waals surface area contributed by atoms with Crippen molar-refractivity contribution in [3.8, 4) is 0 Å². The molecule has 0 heterocycles. The molecule has 4 rings (SSSR count). The van der Waals surface area contributed by atoms with E-state index in [2.05, 4.69) is 6.92 Å². The summed E-state index contributed by atoms with van der Waals surface area (Å²) in [6.45, 7) is 2.43. The maximum Gasteiger partial charge on any atom is 0.159 e. The van der Waals surface area contributed by atoms with Crippen LogP contribution in [0.4, 0.5) is 8.78 Å². The lowest BCUT2D eigenvalue weighted by atomic mass is 9.61. The molecule has 0 N–H and O–H groups in total. The van der Waals surface area contributed by atoms with Crippen molar-refractivity contribution in [3.63, 3.8) is 0 Å². The van der Waals surface area contributed by atoms with Crippen molar-refractivity contribution in [2.24, 2.45) is 29.6 Å².